The lowest BCUT2D eigenvalue weighted by atomic mass is 9.93. The van der Waals surface area contributed by atoms with E-state index in [4.69, 9.17) is 11.6 Å². The second-order valence-corrected chi connectivity index (χ2v) is 6.12. The van der Waals surface area contributed by atoms with Crippen LogP contribution in [0.15, 0.2) is 0 Å². The molecule has 1 aliphatic carbocycles. The predicted molar refractivity (Wildman–Crippen MR) is 59.1 cm³/mol. The van der Waals surface area contributed by atoms with Crippen molar-refractivity contribution in [2.24, 2.45) is 0 Å². The molecule has 14 heavy (non-hydrogen) atoms. The van der Waals surface area contributed by atoms with Crippen molar-refractivity contribution in [1.29, 1.82) is 0 Å². The van der Waals surface area contributed by atoms with E-state index in [-0.39, 0.29) is 11.8 Å². The van der Waals surface area contributed by atoms with Gasteiger partial charge in [-0.1, -0.05) is 13.3 Å². The lowest BCUT2D eigenvalue weighted by Crippen LogP contribution is -2.46. The first-order valence-corrected chi connectivity index (χ1v) is 7.31. The Morgan fingerprint density at radius 1 is 1.43 bits per heavy atom. The van der Waals surface area contributed by atoms with E-state index in [1.807, 2.05) is 6.92 Å². The fraction of sp³-hybridized carbons (Fsp3) is 1.00. The Morgan fingerprint density at radius 2 is 2.07 bits per heavy atom. The third kappa shape index (κ3) is 2.84. The number of hydrogen-bond donors (Lipinski definition) is 0. The molecule has 1 saturated carbocycles. The average molecular weight is 240 g/mol. The van der Waals surface area contributed by atoms with E-state index in [0.717, 1.165) is 19.3 Å². The average Bonchev–Trinajstić information content (AvgIpc) is 2.00. The third-order valence-corrected chi connectivity index (χ3v) is 4.89. The maximum absolute atomic E-state index is 11.8. The molecule has 0 spiro atoms. The Morgan fingerprint density at radius 3 is 2.43 bits per heavy atom. The van der Waals surface area contributed by atoms with Crippen molar-refractivity contribution >= 4 is 21.6 Å². The largest absolute Gasteiger partial charge is 0.214 e. The van der Waals surface area contributed by atoms with Gasteiger partial charge in [0.15, 0.2) is 0 Å². The van der Waals surface area contributed by atoms with Crippen LogP contribution in [0.4, 0.5) is 0 Å². The van der Waals surface area contributed by atoms with Gasteiger partial charge in [-0.25, -0.2) is 8.42 Å². The fourth-order valence-corrected chi connectivity index (χ4v) is 3.75. The summed E-state index contributed by atoms with van der Waals surface area (Å²) in [6.45, 7) is 2.35. The smallest absolute Gasteiger partial charge is 0.212 e. The minimum Gasteiger partial charge on any atom is -0.212 e. The summed E-state index contributed by atoms with van der Waals surface area (Å²) >= 11 is 5.62. The maximum Gasteiger partial charge on any atom is 0.214 e. The fourth-order valence-electron chi connectivity index (χ4n) is 1.68. The van der Waals surface area contributed by atoms with E-state index < -0.39 is 10.0 Å². The van der Waals surface area contributed by atoms with Crippen molar-refractivity contribution in [3.63, 3.8) is 0 Å². The van der Waals surface area contributed by atoms with Gasteiger partial charge in [0.05, 0.1) is 5.75 Å². The molecule has 0 aliphatic heterocycles. The molecule has 0 atom stereocenters. The van der Waals surface area contributed by atoms with Crippen molar-refractivity contribution in [2.45, 2.75) is 38.6 Å². The van der Waals surface area contributed by atoms with Crippen LogP contribution in [0.25, 0.3) is 0 Å². The van der Waals surface area contributed by atoms with Gasteiger partial charge < -0.3 is 0 Å². The predicted octanol–water partition coefficient (Wildman–Crippen LogP) is 1.82. The summed E-state index contributed by atoms with van der Waals surface area (Å²) in [5, 5.41) is 0. The van der Waals surface area contributed by atoms with Gasteiger partial charge in [0.1, 0.15) is 0 Å². The van der Waals surface area contributed by atoms with Gasteiger partial charge in [-0.3, -0.25) is 0 Å². The van der Waals surface area contributed by atoms with Crippen LogP contribution in [0.2, 0.25) is 0 Å². The Balaban J connectivity index is 2.65. The molecular formula is C9H18ClNO2S. The minimum absolute atomic E-state index is 0.227. The molecule has 0 unspecified atom stereocenters. The van der Waals surface area contributed by atoms with Crippen molar-refractivity contribution in [2.75, 3.05) is 18.2 Å². The maximum atomic E-state index is 11.8. The second-order valence-electron chi connectivity index (χ2n) is 3.70. The van der Waals surface area contributed by atoms with Crippen molar-refractivity contribution in [1.82, 2.24) is 4.31 Å². The van der Waals surface area contributed by atoms with E-state index in [1.54, 1.807) is 4.31 Å². The minimum atomic E-state index is -3.05. The molecule has 5 heteroatoms. The van der Waals surface area contributed by atoms with Gasteiger partial charge in [0.25, 0.3) is 0 Å². The molecule has 0 bridgehead atoms. The summed E-state index contributed by atoms with van der Waals surface area (Å²) in [4.78, 5) is 0. The summed E-state index contributed by atoms with van der Waals surface area (Å²) in [5.41, 5.74) is 0. The summed E-state index contributed by atoms with van der Waals surface area (Å²) in [7, 11) is -3.05. The molecule has 1 aliphatic rings. The zero-order valence-corrected chi connectivity index (χ0v) is 10.1. The summed E-state index contributed by atoms with van der Waals surface area (Å²) in [6, 6.07) is 0.227. The highest BCUT2D eigenvalue weighted by molar-refractivity contribution is 7.89. The number of sulfonamides is 1. The molecular weight excluding hydrogens is 222 g/mol. The van der Waals surface area contributed by atoms with E-state index in [2.05, 4.69) is 0 Å². The topological polar surface area (TPSA) is 37.4 Å². The van der Waals surface area contributed by atoms with Crippen LogP contribution in [0.1, 0.15) is 32.6 Å². The normalized spacial score (nSPS) is 18.5. The summed E-state index contributed by atoms with van der Waals surface area (Å²) in [5.74, 6) is 0.639. The van der Waals surface area contributed by atoms with Crippen LogP contribution in [0, 0.1) is 0 Å². The lowest BCUT2D eigenvalue weighted by molar-refractivity contribution is 0.227. The molecule has 0 aromatic rings. The Labute approximate surface area is 91.5 Å². The number of halogens is 1. The van der Waals surface area contributed by atoms with Gasteiger partial charge in [0, 0.05) is 18.5 Å². The first kappa shape index (κ1) is 12.3. The quantitative estimate of drug-likeness (QED) is 0.663. The Bertz CT molecular complexity index is 262. The third-order valence-electron chi connectivity index (χ3n) is 2.61. The zero-order valence-electron chi connectivity index (χ0n) is 8.58. The number of nitrogens with zero attached hydrogens (tertiary/aromatic N) is 1. The first-order valence-electron chi connectivity index (χ1n) is 5.17. The molecule has 1 fully saturated rings. The Hall–Kier alpha value is 0.200. The van der Waals surface area contributed by atoms with Gasteiger partial charge in [-0.05, 0) is 19.3 Å². The van der Waals surface area contributed by atoms with Gasteiger partial charge in [-0.15, -0.1) is 11.6 Å². The highest BCUT2D eigenvalue weighted by Gasteiger charge is 2.32. The second kappa shape index (κ2) is 5.33. The molecule has 0 amide bonds. The Kier molecular flexibility index (Phi) is 4.67. The van der Waals surface area contributed by atoms with E-state index >= 15 is 0 Å². The van der Waals surface area contributed by atoms with E-state index in [1.165, 1.54) is 0 Å². The molecule has 84 valence electrons. The standard InChI is InChI=1S/C9H18ClNO2S/c1-2-8-14(12,13)11(7-6-10)9-4-3-5-9/h9H,2-8H2,1H3. The molecule has 3 nitrogen and oxygen atoms in total. The first-order chi connectivity index (χ1) is 6.61. The van der Waals surface area contributed by atoms with Gasteiger partial charge in [0.2, 0.25) is 10.0 Å². The molecule has 0 N–H and O–H groups in total. The van der Waals surface area contributed by atoms with Crippen LogP contribution in [0.5, 0.6) is 0 Å². The van der Waals surface area contributed by atoms with Crippen molar-refractivity contribution in [3.8, 4) is 0 Å². The molecule has 0 aromatic heterocycles. The van der Waals surface area contributed by atoms with Crippen molar-refractivity contribution < 1.29 is 8.42 Å². The van der Waals surface area contributed by atoms with Gasteiger partial charge >= 0.3 is 0 Å². The van der Waals surface area contributed by atoms with Gasteiger partial charge in [-0.2, -0.15) is 4.31 Å². The highest BCUT2D eigenvalue weighted by Crippen LogP contribution is 2.27. The molecule has 1 rings (SSSR count). The number of alkyl halides is 1. The number of hydrogen-bond acceptors (Lipinski definition) is 2. The molecule has 0 aromatic carbocycles. The van der Waals surface area contributed by atoms with Crippen molar-refractivity contribution in [3.05, 3.63) is 0 Å². The monoisotopic (exact) mass is 239 g/mol. The number of rotatable bonds is 6. The SMILES string of the molecule is CCCS(=O)(=O)N(CCCl)C1CCC1. The van der Waals surface area contributed by atoms with Crippen LogP contribution < -0.4 is 0 Å². The molecule has 0 saturated heterocycles. The molecule has 0 heterocycles. The summed E-state index contributed by atoms with van der Waals surface area (Å²) < 4.78 is 25.2. The van der Waals surface area contributed by atoms with Crippen LogP contribution >= 0.6 is 11.6 Å². The van der Waals surface area contributed by atoms with Crippen LogP contribution in [-0.2, 0) is 10.0 Å². The highest BCUT2D eigenvalue weighted by atomic mass is 35.5. The van der Waals surface area contributed by atoms with E-state index in [9.17, 15) is 8.42 Å². The lowest BCUT2D eigenvalue weighted by Gasteiger charge is -2.36. The van der Waals surface area contributed by atoms with Crippen LogP contribution in [0.3, 0.4) is 0 Å². The van der Waals surface area contributed by atoms with E-state index in [0.29, 0.717) is 18.8 Å². The summed E-state index contributed by atoms with van der Waals surface area (Å²) in [6.07, 6.45) is 3.82. The molecule has 0 radical (unpaired) electrons. The van der Waals surface area contributed by atoms with Crippen LogP contribution in [-0.4, -0.2) is 36.9 Å². The zero-order chi connectivity index (χ0) is 10.6.